The molecule has 0 bridgehead atoms. The minimum atomic E-state index is -0.316. The van der Waals surface area contributed by atoms with Crippen LogP contribution >= 0.6 is 11.6 Å². The molecule has 0 radical (unpaired) electrons. The van der Waals surface area contributed by atoms with Gasteiger partial charge < -0.3 is 15.5 Å². The maximum absolute atomic E-state index is 11.7. The third-order valence-electron chi connectivity index (χ3n) is 2.03. The van der Waals surface area contributed by atoms with Crippen LogP contribution in [0.25, 0.3) is 0 Å². The van der Waals surface area contributed by atoms with Gasteiger partial charge in [-0.2, -0.15) is 0 Å². The molecule has 2 rings (SSSR count). The second kappa shape index (κ2) is 4.28. The highest BCUT2D eigenvalue weighted by Gasteiger charge is 2.12. The molecule has 1 heterocycles. The fourth-order valence-electron chi connectivity index (χ4n) is 1.22. The number of nitrogen functional groups attached to an aromatic ring is 1. The molecule has 82 valence electrons. The van der Waals surface area contributed by atoms with Gasteiger partial charge in [0, 0.05) is 11.4 Å². The fraction of sp³-hybridized carbons (Fsp3) is 0. The first-order valence-corrected chi connectivity index (χ1v) is 4.94. The van der Waals surface area contributed by atoms with Gasteiger partial charge in [-0.15, -0.1) is 0 Å². The monoisotopic (exact) mass is 236 g/mol. The van der Waals surface area contributed by atoms with Crippen molar-refractivity contribution in [2.24, 2.45) is 0 Å². The highest BCUT2D eigenvalue weighted by Crippen LogP contribution is 2.18. The molecule has 0 fully saturated rings. The summed E-state index contributed by atoms with van der Waals surface area (Å²) in [7, 11) is 0. The highest BCUT2D eigenvalue weighted by atomic mass is 35.5. The number of anilines is 2. The minimum Gasteiger partial charge on any atom is -0.452 e. The molecule has 5 heteroatoms. The number of nitrogens with one attached hydrogen (secondary N) is 1. The highest BCUT2D eigenvalue weighted by molar-refractivity contribution is 6.32. The van der Waals surface area contributed by atoms with Crippen LogP contribution in [0.1, 0.15) is 10.4 Å². The summed E-state index contributed by atoms with van der Waals surface area (Å²) in [5, 5.41) is 2.75. The van der Waals surface area contributed by atoms with E-state index in [1.165, 1.54) is 12.3 Å². The van der Waals surface area contributed by atoms with Crippen molar-refractivity contribution >= 4 is 28.9 Å². The molecule has 0 aliphatic rings. The Hall–Kier alpha value is -1.94. The lowest BCUT2D eigenvalue weighted by Crippen LogP contribution is -2.11. The zero-order chi connectivity index (χ0) is 11.5. The van der Waals surface area contributed by atoms with Crippen molar-refractivity contribution in [3.8, 4) is 0 Å². The Morgan fingerprint density at radius 1 is 1.25 bits per heavy atom. The number of hydrogen-bond acceptors (Lipinski definition) is 3. The molecule has 0 aliphatic carbocycles. The van der Waals surface area contributed by atoms with Crippen LogP contribution < -0.4 is 11.1 Å². The van der Waals surface area contributed by atoms with Crippen LogP contribution in [0.3, 0.4) is 0 Å². The van der Waals surface area contributed by atoms with Gasteiger partial charge in [-0.25, -0.2) is 0 Å². The van der Waals surface area contributed by atoms with Crippen molar-refractivity contribution < 1.29 is 9.21 Å². The number of rotatable bonds is 2. The van der Waals surface area contributed by atoms with E-state index >= 15 is 0 Å². The summed E-state index contributed by atoms with van der Waals surface area (Å²) in [6.45, 7) is 0. The van der Waals surface area contributed by atoms with Gasteiger partial charge in [0.1, 0.15) is 0 Å². The fourth-order valence-corrected chi connectivity index (χ4v) is 1.42. The third-order valence-corrected chi connectivity index (χ3v) is 2.32. The summed E-state index contributed by atoms with van der Waals surface area (Å²) < 4.78 is 4.83. The van der Waals surface area contributed by atoms with Crippen LogP contribution in [0.4, 0.5) is 11.4 Å². The van der Waals surface area contributed by atoms with E-state index in [2.05, 4.69) is 5.32 Å². The van der Waals surface area contributed by atoms with Gasteiger partial charge in [-0.1, -0.05) is 0 Å². The van der Waals surface area contributed by atoms with Crippen molar-refractivity contribution in [2.45, 2.75) is 0 Å². The molecule has 2 aromatic rings. The molecule has 1 aromatic heterocycles. The Bertz CT molecular complexity index is 505. The zero-order valence-electron chi connectivity index (χ0n) is 8.24. The quantitative estimate of drug-likeness (QED) is 0.788. The molecule has 0 saturated carbocycles. The molecule has 0 saturated heterocycles. The predicted octanol–water partition coefficient (Wildman–Crippen LogP) is 2.77. The molecule has 16 heavy (non-hydrogen) atoms. The SMILES string of the molecule is Nc1ccc(NC(=O)c2ccoc2Cl)cc1. The van der Waals surface area contributed by atoms with Crippen molar-refractivity contribution in [1.29, 1.82) is 0 Å². The molecule has 0 atom stereocenters. The molecular weight excluding hydrogens is 228 g/mol. The molecule has 0 spiro atoms. The number of hydrogen-bond donors (Lipinski definition) is 2. The first-order valence-electron chi connectivity index (χ1n) is 4.56. The summed E-state index contributed by atoms with van der Waals surface area (Å²) in [5.74, 6) is -0.316. The summed E-state index contributed by atoms with van der Waals surface area (Å²) in [4.78, 5) is 11.7. The van der Waals surface area contributed by atoms with Gasteiger partial charge in [0.2, 0.25) is 5.22 Å². The molecule has 4 nitrogen and oxygen atoms in total. The number of furan rings is 1. The van der Waals surface area contributed by atoms with E-state index in [9.17, 15) is 4.79 Å². The Kier molecular flexibility index (Phi) is 2.83. The largest absolute Gasteiger partial charge is 0.452 e. The van der Waals surface area contributed by atoms with Gasteiger partial charge in [-0.3, -0.25) is 4.79 Å². The smallest absolute Gasteiger partial charge is 0.260 e. The molecule has 1 aromatic carbocycles. The van der Waals surface area contributed by atoms with Gasteiger partial charge in [0.05, 0.1) is 11.8 Å². The van der Waals surface area contributed by atoms with Crippen molar-refractivity contribution in [2.75, 3.05) is 11.1 Å². The topological polar surface area (TPSA) is 68.3 Å². The number of halogens is 1. The summed E-state index contributed by atoms with van der Waals surface area (Å²) in [6.07, 6.45) is 1.36. The van der Waals surface area contributed by atoms with E-state index in [1.54, 1.807) is 24.3 Å². The number of carbonyl (C=O) groups is 1. The number of benzene rings is 1. The number of amides is 1. The Morgan fingerprint density at radius 2 is 1.94 bits per heavy atom. The van der Waals surface area contributed by atoms with E-state index in [-0.39, 0.29) is 11.1 Å². The molecule has 0 aliphatic heterocycles. The van der Waals surface area contributed by atoms with Gasteiger partial charge in [0.15, 0.2) is 0 Å². The van der Waals surface area contributed by atoms with Crippen LogP contribution in [0.15, 0.2) is 41.0 Å². The first-order chi connectivity index (χ1) is 7.66. The maximum Gasteiger partial charge on any atom is 0.260 e. The van der Waals surface area contributed by atoms with Gasteiger partial charge >= 0.3 is 0 Å². The summed E-state index contributed by atoms with van der Waals surface area (Å²) >= 11 is 5.68. The van der Waals surface area contributed by atoms with Crippen LogP contribution in [0.2, 0.25) is 5.22 Å². The lowest BCUT2D eigenvalue weighted by molar-refractivity contribution is 0.102. The summed E-state index contributed by atoms with van der Waals surface area (Å²) in [6, 6.07) is 8.33. The average Bonchev–Trinajstić information content (AvgIpc) is 2.68. The van der Waals surface area contributed by atoms with Crippen LogP contribution in [0.5, 0.6) is 0 Å². The van der Waals surface area contributed by atoms with Crippen molar-refractivity contribution in [3.63, 3.8) is 0 Å². The van der Waals surface area contributed by atoms with Gasteiger partial charge in [-0.05, 0) is 41.9 Å². The molecular formula is C11H9ClN2O2. The Morgan fingerprint density at radius 3 is 2.50 bits per heavy atom. The van der Waals surface area contributed by atoms with E-state index in [0.29, 0.717) is 16.9 Å². The second-order valence-corrected chi connectivity index (χ2v) is 3.53. The average molecular weight is 237 g/mol. The minimum absolute atomic E-state index is 0.0768. The van der Waals surface area contributed by atoms with Crippen LogP contribution in [0, 0.1) is 0 Å². The van der Waals surface area contributed by atoms with Crippen molar-refractivity contribution in [3.05, 3.63) is 47.4 Å². The molecule has 0 unspecified atom stereocenters. The zero-order valence-corrected chi connectivity index (χ0v) is 8.99. The summed E-state index contributed by atoms with van der Waals surface area (Å²) in [5.41, 5.74) is 7.12. The van der Waals surface area contributed by atoms with E-state index in [4.69, 9.17) is 21.8 Å². The maximum atomic E-state index is 11.7. The molecule has 3 N–H and O–H groups in total. The van der Waals surface area contributed by atoms with Crippen LogP contribution in [-0.4, -0.2) is 5.91 Å². The van der Waals surface area contributed by atoms with Crippen molar-refractivity contribution in [1.82, 2.24) is 0 Å². The van der Waals surface area contributed by atoms with E-state index in [1.807, 2.05) is 0 Å². The lowest BCUT2D eigenvalue weighted by atomic mass is 10.2. The van der Waals surface area contributed by atoms with E-state index < -0.39 is 0 Å². The lowest BCUT2D eigenvalue weighted by Gasteiger charge is -2.03. The predicted molar refractivity (Wildman–Crippen MR) is 62.5 cm³/mol. The van der Waals surface area contributed by atoms with Gasteiger partial charge in [0.25, 0.3) is 5.91 Å². The Balaban J connectivity index is 2.14. The van der Waals surface area contributed by atoms with E-state index in [0.717, 1.165) is 0 Å². The number of nitrogens with two attached hydrogens (primary N) is 1. The second-order valence-electron chi connectivity index (χ2n) is 3.18. The number of carbonyl (C=O) groups excluding carboxylic acids is 1. The van der Waals surface area contributed by atoms with Crippen LogP contribution in [-0.2, 0) is 0 Å². The molecule has 1 amide bonds. The standard InChI is InChI=1S/C11H9ClN2O2/c12-10-9(5-6-16-10)11(15)14-8-3-1-7(13)2-4-8/h1-6H,13H2,(H,14,15). The third kappa shape index (κ3) is 2.17. The Labute approximate surface area is 97.0 Å². The normalized spacial score (nSPS) is 10.1. The first kappa shape index (κ1) is 10.6.